The van der Waals surface area contributed by atoms with Crippen LogP contribution in [0.15, 0.2) is 33.7 Å². The zero-order chi connectivity index (χ0) is 22.2. The molecular formula is C23H30BrN3O5S. The Bertz CT molecular complexity index is 939. The third kappa shape index (κ3) is 4.76. The van der Waals surface area contributed by atoms with Crippen molar-refractivity contribution >= 4 is 29.0 Å². The number of ether oxygens (including phenoxy) is 1. The predicted octanol–water partition coefficient (Wildman–Crippen LogP) is -0.0912. The molecule has 180 valence electrons. The smallest absolute Gasteiger partial charge is 0.343 e. The summed E-state index contributed by atoms with van der Waals surface area (Å²) in [6.07, 6.45) is 6.67. The summed E-state index contributed by atoms with van der Waals surface area (Å²) in [4.78, 5) is 26.1. The summed E-state index contributed by atoms with van der Waals surface area (Å²) >= 11 is 1.48. The Kier molecular flexibility index (Phi) is 7.28. The van der Waals surface area contributed by atoms with Crippen LogP contribution in [-0.2, 0) is 19.9 Å². The largest absolute Gasteiger partial charge is 1.00 e. The van der Waals surface area contributed by atoms with Crippen LogP contribution in [0.3, 0.4) is 0 Å². The van der Waals surface area contributed by atoms with Crippen LogP contribution in [0.5, 0.6) is 0 Å². The lowest BCUT2D eigenvalue weighted by molar-refractivity contribution is -0.939. The maximum atomic E-state index is 13.5. The average Bonchev–Trinajstić information content (AvgIpc) is 3.57. The van der Waals surface area contributed by atoms with Crippen molar-refractivity contribution in [3.05, 3.63) is 34.7 Å². The lowest BCUT2D eigenvalue weighted by Crippen LogP contribution is -3.00. The summed E-state index contributed by atoms with van der Waals surface area (Å²) in [5.41, 5.74) is -0.936. The number of fused-ring (bicyclic) bond motifs is 3. The normalized spacial score (nSPS) is 28.6. The number of hydrogen-bond donors (Lipinski definition) is 2. The first-order valence-electron chi connectivity index (χ1n) is 11.5. The zero-order valence-corrected chi connectivity index (χ0v) is 20.9. The number of thiophene rings is 1. The molecule has 3 saturated heterocycles. The number of nitrogens with zero attached hydrogens (tertiary/aromatic N) is 2. The average molecular weight is 540 g/mol. The highest BCUT2D eigenvalue weighted by molar-refractivity contribution is 7.08. The number of aliphatic hydroxyl groups is 1. The number of amides is 1. The van der Waals surface area contributed by atoms with Crippen molar-refractivity contribution in [1.82, 2.24) is 5.16 Å². The van der Waals surface area contributed by atoms with E-state index in [0.29, 0.717) is 29.0 Å². The number of carbonyl (C=O) groups is 2. The van der Waals surface area contributed by atoms with Crippen LogP contribution in [-0.4, -0.2) is 58.9 Å². The Balaban J connectivity index is 0.00000259. The maximum absolute atomic E-state index is 13.5. The molecule has 2 atom stereocenters. The van der Waals surface area contributed by atoms with Gasteiger partial charge < -0.3 is 41.1 Å². The fourth-order valence-corrected chi connectivity index (χ4v) is 6.62. The van der Waals surface area contributed by atoms with Crippen molar-refractivity contribution in [3.8, 4) is 0 Å². The Hall–Kier alpha value is -1.75. The molecular weight excluding hydrogens is 510 g/mol. The third-order valence-corrected chi connectivity index (χ3v) is 8.39. The van der Waals surface area contributed by atoms with Gasteiger partial charge in [0.15, 0.2) is 24.1 Å². The predicted molar refractivity (Wildman–Crippen MR) is 118 cm³/mol. The highest BCUT2D eigenvalue weighted by atomic mass is 79.9. The number of esters is 1. The topological polar surface area (TPSA) is 102 Å². The van der Waals surface area contributed by atoms with Gasteiger partial charge >= 0.3 is 5.97 Å². The Morgan fingerprint density at radius 3 is 2.64 bits per heavy atom. The second-order valence-corrected chi connectivity index (χ2v) is 10.4. The van der Waals surface area contributed by atoms with Crippen molar-refractivity contribution < 1.29 is 45.4 Å². The number of halogens is 1. The summed E-state index contributed by atoms with van der Waals surface area (Å²) in [7, 11) is 0. The standard InChI is InChI=1S/C23H29N3O5S.BrH/c27-21(24-20-7-11-30-25-20)14-26-9-5-16(6-10-26)19(13-26)31-22(28)23(29,17-3-1-2-4-17)18-8-12-32-15-18;/h7-8,11-12,15-17,19,29H,1-6,9-10,13-14H2;1H/t16?,19-,23?,26?;/m0./s1. The summed E-state index contributed by atoms with van der Waals surface area (Å²) in [5, 5.41) is 21.9. The SMILES string of the molecule is O=C(C[N+]12CCC(CC1)[C@@H](OC(=O)C(O)(c1ccsc1)C1CCCC1)C2)Nc1ccon1.[Br-]. The number of hydrogen-bond acceptors (Lipinski definition) is 7. The van der Waals surface area contributed by atoms with Gasteiger partial charge in [-0.2, -0.15) is 11.3 Å². The fraction of sp³-hybridized carbons (Fsp3) is 0.609. The van der Waals surface area contributed by atoms with Gasteiger partial charge in [0, 0.05) is 36.3 Å². The van der Waals surface area contributed by atoms with E-state index in [2.05, 4.69) is 10.5 Å². The van der Waals surface area contributed by atoms with E-state index >= 15 is 0 Å². The lowest BCUT2D eigenvalue weighted by atomic mass is 9.80. The van der Waals surface area contributed by atoms with Crippen LogP contribution in [0.4, 0.5) is 5.82 Å². The van der Waals surface area contributed by atoms with Gasteiger partial charge in [-0.05, 0) is 29.7 Å². The summed E-state index contributed by atoms with van der Waals surface area (Å²) in [6, 6.07) is 3.45. The van der Waals surface area contributed by atoms with Crippen molar-refractivity contribution in [2.75, 3.05) is 31.5 Å². The van der Waals surface area contributed by atoms with Crippen molar-refractivity contribution in [1.29, 1.82) is 0 Å². The van der Waals surface area contributed by atoms with Crippen molar-refractivity contribution in [2.24, 2.45) is 11.8 Å². The minimum absolute atomic E-state index is 0. The van der Waals surface area contributed by atoms with E-state index in [-0.39, 0.29) is 40.8 Å². The number of anilines is 1. The molecule has 0 radical (unpaired) electrons. The molecule has 4 aliphatic rings. The van der Waals surface area contributed by atoms with Crippen molar-refractivity contribution in [2.45, 2.75) is 50.2 Å². The van der Waals surface area contributed by atoms with Crippen LogP contribution < -0.4 is 22.3 Å². The zero-order valence-electron chi connectivity index (χ0n) is 18.5. The summed E-state index contributed by atoms with van der Waals surface area (Å²) < 4.78 is 11.5. The first-order chi connectivity index (χ1) is 15.5. The molecule has 5 heterocycles. The minimum Gasteiger partial charge on any atom is -1.00 e. The highest BCUT2D eigenvalue weighted by Crippen LogP contribution is 2.43. The minimum atomic E-state index is -1.59. The molecule has 10 heteroatoms. The third-order valence-electron chi connectivity index (χ3n) is 7.70. The molecule has 2 bridgehead atoms. The van der Waals surface area contributed by atoms with Gasteiger partial charge in [-0.1, -0.05) is 18.0 Å². The van der Waals surface area contributed by atoms with Crippen LogP contribution in [0.25, 0.3) is 0 Å². The van der Waals surface area contributed by atoms with E-state index in [1.54, 1.807) is 6.07 Å². The number of rotatable bonds is 7. The Labute approximate surface area is 207 Å². The Morgan fingerprint density at radius 1 is 1.24 bits per heavy atom. The quantitative estimate of drug-likeness (QED) is 0.376. The number of nitrogens with one attached hydrogen (secondary N) is 1. The highest BCUT2D eigenvalue weighted by Gasteiger charge is 2.53. The van der Waals surface area contributed by atoms with Gasteiger partial charge in [0.25, 0.3) is 5.91 Å². The molecule has 3 aliphatic heterocycles. The molecule has 6 rings (SSSR count). The molecule has 1 amide bonds. The molecule has 1 unspecified atom stereocenters. The molecule has 1 aliphatic carbocycles. The molecule has 2 aromatic rings. The van der Waals surface area contributed by atoms with Crippen LogP contribution in [0.1, 0.15) is 44.1 Å². The van der Waals surface area contributed by atoms with Crippen LogP contribution in [0.2, 0.25) is 0 Å². The molecule has 0 spiro atoms. The molecule has 33 heavy (non-hydrogen) atoms. The Morgan fingerprint density at radius 2 is 2.00 bits per heavy atom. The maximum Gasteiger partial charge on any atom is 0.343 e. The number of carbonyl (C=O) groups excluding carboxylic acids is 2. The van der Waals surface area contributed by atoms with E-state index < -0.39 is 11.6 Å². The first kappa shape index (κ1) is 24.4. The molecule has 2 aromatic heterocycles. The van der Waals surface area contributed by atoms with E-state index in [0.717, 1.165) is 51.6 Å². The molecule has 1 saturated carbocycles. The van der Waals surface area contributed by atoms with Gasteiger partial charge in [-0.15, -0.1) is 0 Å². The van der Waals surface area contributed by atoms with Gasteiger partial charge in [0.1, 0.15) is 12.8 Å². The van der Waals surface area contributed by atoms with Gasteiger partial charge in [-0.25, -0.2) is 4.79 Å². The number of piperidine rings is 3. The molecule has 8 nitrogen and oxygen atoms in total. The molecule has 0 aromatic carbocycles. The number of quaternary nitrogens is 1. The molecule has 4 fully saturated rings. The van der Waals surface area contributed by atoms with Crippen LogP contribution in [0, 0.1) is 11.8 Å². The lowest BCUT2D eigenvalue weighted by Gasteiger charge is -2.51. The van der Waals surface area contributed by atoms with E-state index in [1.807, 2.05) is 16.8 Å². The second-order valence-electron chi connectivity index (χ2n) is 9.60. The van der Waals surface area contributed by atoms with Gasteiger partial charge in [0.05, 0.1) is 13.1 Å². The van der Waals surface area contributed by atoms with Gasteiger partial charge in [0.2, 0.25) is 0 Å². The second kappa shape index (κ2) is 9.85. The monoisotopic (exact) mass is 539 g/mol. The van der Waals surface area contributed by atoms with E-state index in [4.69, 9.17) is 9.26 Å². The summed E-state index contributed by atoms with van der Waals surface area (Å²) in [6.45, 7) is 2.70. The van der Waals surface area contributed by atoms with E-state index in [1.165, 1.54) is 17.6 Å². The fourth-order valence-electron chi connectivity index (χ4n) is 5.91. The number of aromatic nitrogens is 1. The summed E-state index contributed by atoms with van der Waals surface area (Å²) in [5.74, 6) is -0.0628. The first-order valence-corrected chi connectivity index (χ1v) is 12.4. The molecule has 2 N–H and O–H groups in total. The van der Waals surface area contributed by atoms with Crippen molar-refractivity contribution in [3.63, 3.8) is 0 Å². The van der Waals surface area contributed by atoms with Gasteiger partial charge in [-0.3, -0.25) is 4.79 Å². The van der Waals surface area contributed by atoms with Crippen LogP contribution >= 0.6 is 11.3 Å². The van der Waals surface area contributed by atoms with E-state index in [9.17, 15) is 14.7 Å².